The number of fused-ring (bicyclic) bond motifs is 3. The molecular weight excluding hydrogens is 342 g/mol. The fourth-order valence-corrected chi connectivity index (χ4v) is 7.85. The van der Waals surface area contributed by atoms with Crippen LogP contribution < -0.4 is 0 Å². The van der Waals surface area contributed by atoms with Gasteiger partial charge in [-0.2, -0.15) is 0 Å². The van der Waals surface area contributed by atoms with Gasteiger partial charge in [-0.1, -0.05) is 0 Å². The van der Waals surface area contributed by atoms with Crippen LogP contribution in [-0.2, 0) is 19.4 Å². The van der Waals surface area contributed by atoms with Crippen molar-refractivity contribution in [2.75, 3.05) is 0 Å². The Labute approximate surface area is 123 Å². The molecule has 0 heterocycles. The van der Waals surface area contributed by atoms with Gasteiger partial charge >= 0.3 is 124 Å². The van der Waals surface area contributed by atoms with E-state index in [0.29, 0.717) is 3.63 Å². The summed E-state index contributed by atoms with van der Waals surface area (Å²) in [6.07, 6.45) is 0. The van der Waals surface area contributed by atoms with Crippen molar-refractivity contribution in [2.24, 2.45) is 0 Å². The Balaban J connectivity index is 2.29. The SMILES string of the molecule is Cc1ccc2c(c1)[CH]([Zr]([Cl])[Cl])c1cc(C)ccc1-2. The Morgan fingerprint density at radius 2 is 1.28 bits per heavy atom. The van der Waals surface area contributed by atoms with Crippen LogP contribution in [0.25, 0.3) is 11.1 Å². The average Bonchev–Trinajstić information content (AvgIpc) is 2.60. The van der Waals surface area contributed by atoms with Gasteiger partial charge in [-0.3, -0.25) is 0 Å². The van der Waals surface area contributed by atoms with E-state index in [4.69, 9.17) is 17.0 Å². The van der Waals surface area contributed by atoms with Crippen molar-refractivity contribution in [2.45, 2.75) is 17.5 Å². The third-order valence-electron chi connectivity index (χ3n) is 3.54. The van der Waals surface area contributed by atoms with Gasteiger partial charge in [-0.25, -0.2) is 0 Å². The predicted molar refractivity (Wildman–Crippen MR) is 74.9 cm³/mol. The molecule has 0 saturated carbocycles. The molecule has 0 bridgehead atoms. The minimum absolute atomic E-state index is 0.292. The van der Waals surface area contributed by atoms with Gasteiger partial charge < -0.3 is 0 Å². The molecule has 0 aliphatic heterocycles. The van der Waals surface area contributed by atoms with Crippen LogP contribution in [0.1, 0.15) is 25.9 Å². The van der Waals surface area contributed by atoms with E-state index in [1.165, 1.54) is 33.4 Å². The summed E-state index contributed by atoms with van der Waals surface area (Å²) in [5.41, 5.74) is 7.88. The number of aryl methyl sites for hydroxylation is 2. The molecule has 18 heavy (non-hydrogen) atoms. The number of hydrogen-bond acceptors (Lipinski definition) is 0. The maximum absolute atomic E-state index is 6.41. The minimum atomic E-state index is -2.37. The Bertz CT molecular complexity index is 568. The summed E-state index contributed by atoms with van der Waals surface area (Å²) in [4.78, 5) is 0. The first-order valence-electron chi connectivity index (χ1n) is 5.97. The van der Waals surface area contributed by atoms with Gasteiger partial charge in [-0.05, 0) is 0 Å². The second-order valence-corrected chi connectivity index (χ2v) is 13.7. The predicted octanol–water partition coefficient (Wildman–Crippen LogP) is 5.30. The molecule has 3 rings (SSSR count). The van der Waals surface area contributed by atoms with E-state index in [1.807, 2.05) is 0 Å². The van der Waals surface area contributed by atoms with E-state index in [2.05, 4.69) is 50.2 Å². The van der Waals surface area contributed by atoms with Gasteiger partial charge in [0.2, 0.25) is 0 Å². The summed E-state index contributed by atoms with van der Waals surface area (Å²) >= 11 is -2.37. The Kier molecular flexibility index (Phi) is 3.43. The quantitative estimate of drug-likeness (QED) is 0.651. The van der Waals surface area contributed by atoms with Gasteiger partial charge in [0.15, 0.2) is 0 Å². The summed E-state index contributed by atoms with van der Waals surface area (Å²) in [6.45, 7) is 4.24. The molecule has 3 heteroatoms. The summed E-state index contributed by atoms with van der Waals surface area (Å²) in [5, 5.41) is 0. The van der Waals surface area contributed by atoms with Crippen LogP contribution >= 0.6 is 17.0 Å². The van der Waals surface area contributed by atoms with Crippen LogP contribution in [0.2, 0.25) is 0 Å². The van der Waals surface area contributed by atoms with Crippen molar-refractivity contribution < 1.29 is 19.4 Å². The molecule has 0 fully saturated rings. The van der Waals surface area contributed by atoms with Crippen molar-refractivity contribution in [3.63, 3.8) is 0 Å². The van der Waals surface area contributed by atoms with Crippen molar-refractivity contribution in [3.05, 3.63) is 58.7 Å². The van der Waals surface area contributed by atoms with Crippen molar-refractivity contribution >= 4 is 17.0 Å². The van der Waals surface area contributed by atoms with Crippen LogP contribution in [-0.4, -0.2) is 0 Å². The van der Waals surface area contributed by atoms with Crippen LogP contribution in [0.15, 0.2) is 36.4 Å². The molecule has 0 saturated heterocycles. The summed E-state index contributed by atoms with van der Waals surface area (Å²) < 4.78 is 0.292. The molecule has 91 valence electrons. The monoisotopic (exact) mass is 353 g/mol. The zero-order chi connectivity index (χ0) is 12.9. The normalized spacial score (nSPS) is 13.3. The molecule has 0 aromatic heterocycles. The summed E-state index contributed by atoms with van der Waals surface area (Å²) in [5.74, 6) is 0. The molecule has 0 amide bonds. The van der Waals surface area contributed by atoms with E-state index >= 15 is 0 Å². The van der Waals surface area contributed by atoms with E-state index < -0.39 is 19.4 Å². The zero-order valence-electron chi connectivity index (χ0n) is 10.3. The number of benzene rings is 2. The zero-order valence-corrected chi connectivity index (χ0v) is 14.3. The molecule has 2 aromatic rings. The Hall–Kier alpha value is -0.0969. The van der Waals surface area contributed by atoms with Crippen molar-refractivity contribution in [3.8, 4) is 11.1 Å². The molecular formula is C15H13Cl2Zr. The van der Waals surface area contributed by atoms with E-state index in [1.54, 1.807) is 0 Å². The second-order valence-electron chi connectivity index (χ2n) is 4.90. The standard InChI is InChI=1S/C15H13.2ClH.Zr/c1-10-3-5-14-12(7-10)9-13-8-11(2)4-6-15(13)14;;;/h3-9H,1-2H3;2*1H;/q;;;+2/p-2. The fraction of sp³-hybridized carbons (Fsp3) is 0.200. The molecule has 1 aliphatic carbocycles. The third-order valence-corrected chi connectivity index (χ3v) is 8.73. The Morgan fingerprint density at radius 1 is 0.833 bits per heavy atom. The number of hydrogen-bond donors (Lipinski definition) is 0. The van der Waals surface area contributed by atoms with Gasteiger partial charge in [-0.15, -0.1) is 0 Å². The number of rotatable bonds is 1. The van der Waals surface area contributed by atoms with Gasteiger partial charge in [0.1, 0.15) is 0 Å². The summed E-state index contributed by atoms with van der Waals surface area (Å²) in [7, 11) is 12.8. The van der Waals surface area contributed by atoms with Crippen molar-refractivity contribution in [1.82, 2.24) is 0 Å². The molecule has 2 aromatic carbocycles. The van der Waals surface area contributed by atoms with Crippen molar-refractivity contribution in [1.29, 1.82) is 0 Å². The average molecular weight is 355 g/mol. The third kappa shape index (κ3) is 2.01. The van der Waals surface area contributed by atoms with E-state index in [9.17, 15) is 0 Å². The fourth-order valence-electron chi connectivity index (χ4n) is 2.74. The van der Waals surface area contributed by atoms with E-state index in [-0.39, 0.29) is 0 Å². The molecule has 0 atom stereocenters. The Morgan fingerprint density at radius 3 is 1.67 bits per heavy atom. The van der Waals surface area contributed by atoms with Gasteiger partial charge in [0.05, 0.1) is 0 Å². The van der Waals surface area contributed by atoms with Gasteiger partial charge in [0.25, 0.3) is 0 Å². The molecule has 0 N–H and O–H groups in total. The molecule has 0 spiro atoms. The van der Waals surface area contributed by atoms with E-state index in [0.717, 1.165) is 0 Å². The second kappa shape index (κ2) is 4.78. The summed E-state index contributed by atoms with van der Waals surface area (Å²) in [6, 6.07) is 13.2. The maximum atomic E-state index is 6.41. The molecule has 1 aliphatic rings. The number of halogens is 2. The first-order chi connectivity index (χ1) is 8.58. The molecule has 0 unspecified atom stereocenters. The van der Waals surface area contributed by atoms with Crippen LogP contribution in [0.5, 0.6) is 0 Å². The topological polar surface area (TPSA) is 0 Å². The van der Waals surface area contributed by atoms with Crippen LogP contribution in [0, 0.1) is 13.8 Å². The molecule has 0 radical (unpaired) electrons. The first-order valence-corrected chi connectivity index (χ1v) is 13.7. The molecule has 0 nitrogen and oxygen atoms in total. The van der Waals surface area contributed by atoms with Crippen LogP contribution in [0.3, 0.4) is 0 Å². The first kappa shape index (κ1) is 12.9. The van der Waals surface area contributed by atoms with Gasteiger partial charge in [0, 0.05) is 0 Å². The van der Waals surface area contributed by atoms with Crippen LogP contribution in [0.4, 0.5) is 0 Å².